The maximum absolute atomic E-state index is 11.3. The van der Waals surface area contributed by atoms with Crippen LogP contribution < -0.4 is 4.74 Å². The maximum Gasteiger partial charge on any atom is 0.336 e. The van der Waals surface area contributed by atoms with Gasteiger partial charge in [-0.2, -0.15) is 4.98 Å². The molecule has 0 bridgehead atoms. The molecule has 3 aromatic rings. The number of carboxylic acid groups (broad SMARTS) is 1. The fraction of sp³-hybridized carbons (Fsp3) is 0.300. The number of benzene rings is 2. The highest BCUT2D eigenvalue weighted by Crippen LogP contribution is 2.39. The van der Waals surface area contributed by atoms with Gasteiger partial charge in [-0.3, -0.25) is 0 Å². The van der Waals surface area contributed by atoms with E-state index in [0.29, 0.717) is 21.9 Å². The molecule has 27 heavy (non-hydrogen) atoms. The largest absolute Gasteiger partial charge is 0.478 e. The molecule has 4 rings (SSSR count). The summed E-state index contributed by atoms with van der Waals surface area (Å²) < 4.78 is 5.71. The van der Waals surface area contributed by atoms with E-state index >= 15 is 0 Å². The van der Waals surface area contributed by atoms with E-state index in [0.717, 1.165) is 30.3 Å². The fourth-order valence-corrected chi connectivity index (χ4v) is 3.97. The number of halogens is 1. The van der Waals surface area contributed by atoms with Gasteiger partial charge in [0.1, 0.15) is 5.75 Å². The van der Waals surface area contributed by atoms with Crippen LogP contribution in [0.2, 0.25) is 5.02 Å². The number of aliphatic hydroxyl groups is 1. The number of aromatic nitrogens is 2. The second-order valence-electron chi connectivity index (χ2n) is 6.92. The number of carboxylic acids is 1. The van der Waals surface area contributed by atoms with Crippen LogP contribution in [0.1, 0.15) is 46.7 Å². The summed E-state index contributed by atoms with van der Waals surface area (Å²) in [5.74, 6) is -0.589. The first kappa shape index (κ1) is 17.8. The van der Waals surface area contributed by atoms with Gasteiger partial charge in [-0.1, -0.05) is 24.1 Å². The van der Waals surface area contributed by atoms with E-state index in [4.69, 9.17) is 16.3 Å². The molecular weight excluding hydrogens is 368 g/mol. The van der Waals surface area contributed by atoms with Gasteiger partial charge in [-0.25, -0.2) is 4.79 Å². The van der Waals surface area contributed by atoms with Gasteiger partial charge in [0, 0.05) is 10.9 Å². The number of carbonyl (C=O) groups is 1. The van der Waals surface area contributed by atoms with Crippen LogP contribution in [0.4, 0.5) is 0 Å². The fourth-order valence-electron chi connectivity index (χ4n) is 3.67. The van der Waals surface area contributed by atoms with Gasteiger partial charge in [0.25, 0.3) is 6.01 Å². The van der Waals surface area contributed by atoms with Crippen molar-refractivity contribution >= 4 is 28.6 Å². The molecule has 0 saturated heterocycles. The molecule has 2 atom stereocenters. The number of H-pyrrole nitrogens is 1. The zero-order valence-corrected chi connectivity index (χ0v) is 15.5. The van der Waals surface area contributed by atoms with Crippen LogP contribution in [0, 0.1) is 6.92 Å². The number of ether oxygens (including phenoxy) is 1. The number of hydrogen-bond donors (Lipinski definition) is 3. The van der Waals surface area contributed by atoms with Gasteiger partial charge in [-0.15, -0.1) is 0 Å². The number of nitrogens with zero attached hydrogens (tertiary/aromatic N) is 1. The van der Waals surface area contributed by atoms with Crippen LogP contribution in [0.25, 0.3) is 11.0 Å². The van der Waals surface area contributed by atoms with Gasteiger partial charge < -0.3 is 19.9 Å². The minimum absolute atomic E-state index is 0.0322. The molecule has 7 heteroatoms. The van der Waals surface area contributed by atoms with E-state index < -0.39 is 5.97 Å². The Morgan fingerprint density at radius 2 is 2.11 bits per heavy atom. The van der Waals surface area contributed by atoms with Crippen molar-refractivity contribution in [3.05, 3.63) is 52.0 Å². The second kappa shape index (κ2) is 6.87. The van der Waals surface area contributed by atoms with Crippen molar-refractivity contribution in [3.8, 4) is 11.8 Å². The van der Waals surface area contributed by atoms with Crippen molar-refractivity contribution in [3.63, 3.8) is 0 Å². The van der Waals surface area contributed by atoms with E-state index in [1.165, 1.54) is 6.07 Å². The lowest BCUT2D eigenvalue weighted by atomic mass is 9.95. The number of imidazole rings is 1. The first-order valence-electron chi connectivity index (χ1n) is 8.81. The number of aromatic amines is 1. The monoisotopic (exact) mass is 386 g/mol. The number of aliphatic hydroxyl groups excluding tert-OH is 1. The third-order valence-electron chi connectivity index (χ3n) is 5.11. The SMILES string of the molecule is Cc1ccc(Oc2nc3cc(Cl)c(C4CCCC4O)cc3[nH]2)cc1C(=O)O. The molecule has 3 N–H and O–H groups in total. The first-order chi connectivity index (χ1) is 12.9. The van der Waals surface area contributed by atoms with Crippen LogP contribution in [0.5, 0.6) is 11.8 Å². The van der Waals surface area contributed by atoms with Gasteiger partial charge in [0.2, 0.25) is 0 Å². The molecule has 140 valence electrons. The molecule has 6 nitrogen and oxygen atoms in total. The molecule has 1 aliphatic rings. The summed E-state index contributed by atoms with van der Waals surface area (Å²) >= 11 is 6.42. The summed E-state index contributed by atoms with van der Waals surface area (Å²) in [7, 11) is 0. The highest BCUT2D eigenvalue weighted by Gasteiger charge is 2.29. The van der Waals surface area contributed by atoms with Gasteiger partial charge in [0.15, 0.2) is 0 Å². The summed E-state index contributed by atoms with van der Waals surface area (Å²) in [5, 5.41) is 20.0. The Hall–Kier alpha value is -2.57. The molecule has 2 unspecified atom stereocenters. The van der Waals surface area contributed by atoms with Gasteiger partial charge in [-0.05, 0) is 55.2 Å². The normalized spacial score (nSPS) is 19.5. The maximum atomic E-state index is 11.3. The topological polar surface area (TPSA) is 95.4 Å². The summed E-state index contributed by atoms with van der Waals surface area (Å²) in [6, 6.07) is 8.79. The molecular formula is C20H19ClN2O4. The van der Waals surface area contributed by atoms with Crippen molar-refractivity contribution in [2.75, 3.05) is 0 Å². The van der Waals surface area contributed by atoms with Crippen LogP contribution in [-0.2, 0) is 0 Å². The quantitative estimate of drug-likeness (QED) is 0.606. The number of aryl methyl sites for hydroxylation is 1. The molecule has 2 aromatic carbocycles. The Labute approximate surface area is 160 Å². The Morgan fingerprint density at radius 1 is 1.30 bits per heavy atom. The Morgan fingerprint density at radius 3 is 2.81 bits per heavy atom. The number of rotatable bonds is 4. The number of nitrogens with one attached hydrogen (secondary N) is 1. The van der Waals surface area contributed by atoms with E-state index in [1.807, 2.05) is 6.07 Å². The third kappa shape index (κ3) is 3.38. The van der Waals surface area contributed by atoms with Crippen molar-refractivity contribution in [1.29, 1.82) is 0 Å². The second-order valence-corrected chi connectivity index (χ2v) is 7.33. The highest BCUT2D eigenvalue weighted by atomic mass is 35.5. The minimum atomic E-state index is -1.01. The molecule has 1 heterocycles. The average Bonchev–Trinajstić information content (AvgIpc) is 3.20. The summed E-state index contributed by atoms with van der Waals surface area (Å²) in [4.78, 5) is 18.8. The predicted molar refractivity (Wildman–Crippen MR) is 102 cm³/mol. The zero-order chi connectivity index (χ0) is 19.1. The van der Waals surface area contributed by atoms with Crippen LogP contribution >= 0.6 is 11.6 Å². The van der Waals surface area contributed by atoms with Crippen molar-refractivity contribution < 1.29 is 19.7 Å². The smallest absolute Gasteiger partial charge is 0.336 e. The van der Waals surface area contributed by atoms with Crippen LogP contribution in [0.15, 0.2) is 30.3 Å². The molecule has 0 amide bonds. The van der Waals surface area contributed by atoms with E-state index in [9.17, 15) is 15.0 Å². The number of aromatic carboxylic acids is 1. The van der Waals surface area contributed by atoms with Crippen molar-refractivity contribution in [1.82, 2.24) is 9.97 Å². The van der Waals surface area contributed by atoms with E-state index in [2.05, 4.69) is 9.97 Å². The van der Waals surface area contributed by atoms with Crippen LogP contribution in [0.3, 0.4) is 0 Å². The number of fused-ring (bicyclic) bond motifs is 1. The molecule has 0 radical (unpaired) electrons. The van der Waals surface area contributed by atoms with Crippen molar-refractivity contribution in [2.24, 2.45) is 0 Å². The summed E-state index contributed by atoms with van der Waals surface area (Å²) in [6.45, 7) is 1.73. The number of hydrogen-bond acceptors (Lipinski definition) is 4. The lowest BCUT2D eigenvalue weighted by Crippen LogP contribution is -2.11. The highest BCUT2D eigenvalue weighted by molar-refractivity contribution is 6.32. The average molecular weight is 387 g/mol. The Bertz CT molecular complexity index is 1030. The molecule has 0 aliphatic heterocycles. The first-order valence-corrected chi connectivity index (χ1v) is 9.19. The molecule has 1 fully saturated rings. The Kier molecular flexibility index (Phi) is 4.53. The summed E-state index contributed by atoms with van der Waals surface area (Å²) in [6.07, 6.45) is 2.30. The third-order valence-corrected chi connectivity index (χ3v) is 5.44. The molecule has 1 saturated carbocycles. The van der Waals surface area contributed by atoms with Gasteiger partial charge in [0.05, 0.1) is 22.7 Å². The lowest BCUT2D eigenvalue weighted by Gasteiger charge is -2.16. The van der Waals surface area contributed by atoms with Crippen LogP contribution in [-0.4, -0.2) is 32.3 Å². The molecule has 1 aliphatic carbocycles. The molecule has 0 spiro atoms. The minimum Gasteiger partial charge on any atom is -0.478 e. The van der Waals surface area contributed by atoms with E-state index in [-0.39, 0.29) is 23.6 Å². The zero-order valence-electron chi connectivity index (χ0n) is 14.7. The van der Waals surface area contributed by atoms with Crippen molar-refractivity contribution in [2.45, 2.75) is 38.2 Å². The summed E-state index contributed by atoms with van der Waals surface area (Å²) in [5.41, 5.74) is 3.16. The molecule has 1 aromatic heterocycles. The van der Waals surface area contributed by atoms with E-state index in [1.54, 1.807) is 25.1 Å². The Balaban J connectivity index is 1.66. The van der Waals surface area contributed by atoms with Gasteiger partial charge >= 0.3 is 5.97 Å². The standard InChI is InChI=1S/C20H19ClN2O4/c1-10-5-6-11(7-13(10)19(25)26)27-20-22-16-8-14(12-3-2-4-18(12)24)15(21)9-17(16)23-20/h5-9,12,18,24H,2-4H2,1H3,(H,22,23)(H,25,26). The lowest BCUT2D eigenvalue weighted by molar-refractivity contribution is 0.0695. The predicted octanol–water partition coefficient (Wildman–Crippen LogP) is 4.64.